The highest BCUT2D eigenvalue weighted by atomic mass is 32.2. The third kappa shape index (κ3) is 3.58. The molecule has 21 heavy (non-hydrogen) atoms. The molecule has 0 heterocycles. The van der Waals surface area contributed by atoms with Gasteiger partial charge in [0.15, 0.2) is 0 Å². The molecule has 1 aromatic rings. The predicted molar refractivity (Wildman–Crippen MR) is 76.4 cm³/mol. The van der Waals surface area contributed by atoms with E-state index >= 15 is 0 Å². The van der Waals surface area contributed by atoms with Crippen molar-refractivity contribution in [2.24, 2.45) is 0 Å². The van der Waals surface area contributed by atoms with E-state index in [9.17, 15) is 23.6 Å². The van der Waals surface area contributed by atoms with Gasteiger partial charge in [-0.15, -0.1) is 0 Å². The quantitative estimate of drug-likeness (QED) is 0.646. The van der Waals surface area contributed by atoms with E-state index in [2.05, 4.69) is 4.72 Å². The van der Waals surface area contributed by atoms with Gasteiger partial charge in [-0.1, -0.05) is 18.9 Å². The normalized spacial score (nSPS) is 23.0. The van der Waals surface area contributed by atoms with Gasteiger partial charge in [0.2, 0.25) is 10.0 Å². The summed E-state index contributed by atoms with van der Waals surface area (Å²) in [6.07, 6.45) is 2.12. The van der Waals surface area contributed by atoms with Crippen LogP contribution < -0.4 is 4.72 Å². The van der Waals surface area contributed by atoms with Gasteiger partial charge < -0.3 is 5.11 Å². The molecule has 0 aromatic heterocycles. The molecule has 1 fully saturated rings. The molecule has 0 amide bonds. The monoisotopic (exact) mass is 314 g/mol. The second-order valence-corrected chi connectivity index (χ2v) is 7.00. The van der Waals surface area contributed by atoms with Crippen molar-refractivity contribution in [3.05, 3.63) is 33.9 Å². The number of aliphatic hydroxyl groups is 1. The summed E-state index contributed by atoms with van der Waals surface area (Å²) in [5.41, 5.74) is 0.165. The number of aliphatic hydroxyl groups excluding tert-OH is 1. The molecule has 2 atom stereocenters. The molecule has 7 nitrogen and oxygen atoms in total. The zero-order chi connectivity index (χ0) is 15.6. The van der Waals surface area contributed by atoms with Crippen molar-refractivity contribution < 1.29 is 18.4 Å². The van der Waals surface area contributed by atoms with Gasteiger partial charge >= 0.3 is 0 Å². The summed E-state index contributed by atoms with van der Waals surface area (Å²) >= 11 is 0. The fourth-order valence-electron chi connectivity index (χ4n) is 2.47. The van der Waals surface area contributed by atoms with Crippen molar-refractivity contribution in [2.45, 2.75) is 49.6 Å². The highest BCUT2D eigenvalue weighted by molar-refractivity contribution is 7.89. The molecule has 0 bridgehead atoms. The van der Waals surface area contributed by atoms with E-state index < -0.39 is 27.1 Å². The van der Waals surface area contributed by atoms with Crippen LogP contribution in [0, 0.1) is 17.0 Å². The molecule has 2 N–H and O–H groups in total. The van der Waals surface area contributed by atoms with Crippen LogP contribution in [0.3, 0.4) is 0 Å². The number of rotatable bonds is 4. The minimum atomic E-state index is -3.88. The van der Waals surface area contributed by atoms with Gasteiger partial charge in [-0.25, -0.2) is 13.1 Å². The maximum Gasteiger partial charge on any atom is 0.273 e. The van der Waals surface area contributed by atoms with Crippen LogP contribution in [-0.4, -0.2) is 30.6 Å². The first kappa shape index (κ1) is 15.9. The summed E-state index contributed by atoms with van der Waals surface area (Å²) in [6, 6.07) is 3.25. The molecule has 116 valence electrons. The largest absolute Gasteiger partial charge is 0.391 e. The Bertz CT molecular complexity index is 644. The van der Waals surface area contributed by atoms with E-state index in [1.807, 2.05) is 0 Å². The highest BCUT2D eigenvalue weighted by Crippen LogP contribution is 2.24. The van der Waals surface area contributed by atoms with Crippen LogP contribution in [0.4, 0.5) is 5.69 Å². The summed E-state index contributed by atoms with van der Waals surface area (Å²) in [6.45, 7) is 1.55. The Morgan fingerprint density at radius 2 is 2.00 bits per heavy atom. The number of nitro benzene ring substituents is 1. The van der Waals surface area contributed by atoms with Crippen LogP contribution >= 0.6 is 0 Å². The van der Waals surface area contributed by atoms with Crippen molar-refractivity contribution >= 4 is 15.7 Å². The van der Waals surface area contributed by atoms with Crippen LogP contribution in [0.5, 0.6) is 0 Å². The SMILES string of the molecule is Cc1ccc(S(=O)(=O)NC2CCCCC2O)cc1[N+](=O)[O-]. The first-order chi connectivity index (χ1) is 9.81. The lowest BCUT2D eigenvalue weighted by Crippen LogP contribution is -2.44. The molecule has 8 heteroatoms. The fraction of sp³-hybridized carbons (Fsp3) is 0.538. The first-order valence-electron chi connectivity index (χ1n) is 6.77. The molecule has 1 aliphatic carbocycles. The number of hydrogen-bond donors (Lipinski definition) is 2. The minimum Gasteiger partial charge on any atom is -0.391 e. The lowest BCUT2D eigenvalue weighted by molar-refractivity contribution is -0.385. The third-order valence-corrected chi connectivity index (χ3v) is 5.21. The summed E-state index contributed by atoms with van der Waals surface area (Å²) < 4.78 is 27.0. The van der Waals surface area contributed by atoms with Crippen molar-refractivity contribution in [3.63, 3.8) is 0 Å². The number of sulfonamides is 1. The lowest BCUT2D eigenvalue weighted by Gasteiger charge is -2.28. The molecule has 0 saturated heterocycles. The Kier molecular flexibility index (Phi) is 4.60. The van der Waals surface area contributed by atoms with E-state index in [1.54, 1.807) is 6.92 Å². The van der Waals surface area contributed by atoms with Crippen molar-refractivity contribution in [3.8, 4) is 0 Å². The van der Waals surface area contributed by atoms with Gasteiger partial charge in [-0.3, -0.25) is 10.1 Å². The van der Waals surface area contributed by atoms with Crippen LogP contribution in [0.1, 0.15) is 31.2 Å². The average molecular weight is 314 g/mol. The molecule has 1 saturated carbocycles. The van der Waals surface area contributed by atoms with E-state index in [0.717, 1.165) is 18.9 Å². The average Bonchev–Trinajstić information content (AvgIpc) is 2.41. The highest BCUT2D eigenvalue weighted by Gasteiger charge is 2.29. The third-order valence-electron chi connectivity index (χ3n) is 3.72. The van der Waals surface area contributed by atoms with Crippen molar-refractivity contribution in [1.29, 1.82) is 0 Å². The number of nitro groups is 1. The van der Waals surface area contributed by atoms with Crippen LogP contribution in [-0.2, 0) is 10.0 Å². The topological polar surface area (TPSA) is 110 Å². The Balaban J connectivity index is 2.27. The molecule has 2 rings (SSSR count). The zero-order valence-electron chi connectivity index (χ0n) is 11.7. The molecule has 0 aliphatic heterocycles. The van der Waals surface area contributed by atoms with Gasteiger partial charge in [0.25, 0.3) is 5.69 Å². The van der Waals surface area contributed by atoms with Gasteiger partial charge in [0.1, 0.15) is 0 Å². The van der Waals surface area contributed by atoms with Crippen LogP contribution in [0.25, 0.3) is 0 Å². The Morgan fingerprint density at radius 1 is 1.33 bits per heavy atom. The van der Waals surface area contributed by atoms with Crippen molar-refractivity contribution in [1.82, 2.24) is 4.72 Å². The summed E-state index contributed by atoms with van der Waals surface area (Å²) in [5, 5.41) is 20.7. The Labute approximate surface area is 123 Å². The summed E-state index contributed by atoms with van der Waals surface area (Å²) in [4.78, 5) is 10.1. The van der Waals surface area contributed by atoms with Crippen molar-refractivity contribution in [2.75, 3.05) is 0 Å². The van der Waals surface area contributed by atoms with E-state index in [4.69, 9.17) is 0 Å². The summed E-state index contributed by atoms with van der Waals surface area (Å²) in [5.74, 6) is 0. The van der Waals surface area contributed by atoms with Crippen LogP contribution in [0.2, 0.25) is 0 Å². The number of nitrogens with zero attached hydrogens (tertiary/aromatic N) is 1. The second-order valence-electron chi connectivity index (χ2n) is 5.28. The number of aryl methyl sites for hydroxylation is 1. The molecular formula is C13H18N2O5S. The number of benzene rings is 1. The molecular weight excluding hydrogens is 296 g/mol. The molecule has 1 aromatic carbocycles. The van der Waals surface area contributed by atoms with Gasteiger partial charge in [0, 0.05) is 17.7 Å². The number of nitrogens with one attached hydrogen (secondary N) is 1. The molecule has 2 unspecified atom stereocenters. The second kappa shape index (κ2) is 6.08. The minimum absolute atomic E-state index is 0.155. The molecule has 1 aliphatic rings. The molecule has 0 radical (unpaired) electrons. The maximum atomic E-state index is 12.3. The zero-order valence-corrected chi connectivity index (χ0v) is 12.5. The maximum absolute atomic E-state index is 12.3. The smallest absolute Gasteiger partial charge is 0.273 e. The Hall–Kier alpha value is -1.51. The summed E-state index contributed by atoms with van der Waals surface area (Å²) in [7, 11) is -3.88. The molecule has 0 spiro atoms. The van der Waals surface area contributed by atoms with Crippen LogP contribution in [0.15, 0.2) is 23.1 Å². The standard InChI is InChI=1S/C13H18N2O5S/c1-9-6-7-10(8-12(9)15(17)18)21(19,20)14-11-4-2-3-5-13(11)16/h6-8,11,13-14,16H,2-5H2,1H3. The fourth-order valence-corrected chi connectivity index (χ4v) is 3.79. The van der Waals surface area contributed by atoms with E-state index in [-0.39, 0.29) is 10.6 Å². The van der Waals surface area contributed by atoms with Gasteiger partial charge in [-0.05, 0) is 25.8 Å². The van der Waals surface area contributed by atoms with E-state index in [1.165, 1.54) is 12.1 Å². The predicted octanol–water partition coefficient (Wildman–Crippen LogP) is 1.49. The number of hydrogen-bond acceptors (Lipinski definition) is 5. The van der Waals surface area contributed by atoms with Gasteiger partial charge in [0.05, 0.1) is 15.9 Å². The first-order valence-corrected chi connectivity index (χ1v) is 8.25. The lowest BCUT2D eigenvalue weighted by atomic mass is 9.93. The van der Waals surface area contributed by atoms with Gasteiger partial charge in [-0.2, -0.15) is 0 Å². The van der Waals surface area contributed by atoms with E-state index in [0.29, 0.717) is 18.4 Å². The Morgan fingerprint density at radius 3 is 2.62 bits per heavy atom.